The van der Waals surface area contributed by atoms with Crippen molar-refractivity contribution in [3.63, 3.8) is 0 Å². The van der Waals surface area contributed by atoms with Crippen LogP contribution in [-0.4, -0.2) is 56.4 Å². The van der Waals surface area contributed by atoms with Gasteiger partial charge in [-0.25, -0.2) is 8.42 Å². The fourth-order valence-corrected chi connectivity index (χ4v) is 5.44. The number of rotatable bonds is 9. The minimum absolute atomic E-state index is 0.0424. The highest BCUT2D eigenvalue weighted by Gasteiger charge is 2.38. The van der Waals surface area contributed by atoms with Crippen molar-refractivity contribution in [2.24, 2.45) is 11.8 Å². The predicted octanol–water partition coefficient (Wildman–Crippen LogP) is 4.84. The number of sulfonamides is 1. The summed E-state index contributed by atoms with van der Waals surface area (Å²) in [4.78, 5) is 15.4. The summed E-state index contributed by atoms with van der Waals surface area (Å²) < 4.78 is 25.4. The lowest BCUT2D eigenvalue weighted by Gasteiger charge is -2.27. The van der Waals surface area contributed by atoms with E-state index in [9.17, 15) is 18.3 Å². The molecule has 0 aromatic heterocycles. The number of phenols is 1. The van der Waals surface area contributed by atoms with Crippen molar-refractivity contribution in [2.45, 2.75) is 52.4 Å². The van der Waals surface area contributed by atoms with E-state index >= 15 is 0 Å². The number of carbonyl (C=O) groups excluding carboxylic acids is 1. The minimum atomic E-state index is -3.65. The molecule has 0 radical (unpaired) electrons. The summed E-state index contributed by atoms with van der Waals surface area (Å²) in [6.07, 6.45) is 3.83. The van der Waals surface area contributed by atoms with Crippen LogP contribution in [0.15, 0.2) is 42.5 Å². The van der Waals surface area contributed by atoms with Crippen molar-refractivity contribution in [3.8, 4) is 5.75 Å². The second-order valence-corrected chi connectivity index (χ2v) is 12.9. The Morgan fingerprint density at radius 2 is 1.83 bits per heavy atom. The van der Waals surface area contributed by atoms with E-state index in [1.54, 1.807) is 6.07 Å². The Bertz CT molecular complexity index is 1220. The van der Waals surface area contributed by atoms with Crippen LogP contribution in [0.3, 0.4) is 0 Å². The minimum Gasteiger partial charge on any atom is -0.505 e. The second kappa shape index (κ2) is 10.6. The van der Waals surface area contributed by atoms with Crippen molar-refractivity contribution in [3.05, 3.63) is 59.2 Å². The highest BCUT2D eigenvalue weighted by atomic mass is 32.2. The van der Waals surface area contributed by atoms with E-state index in [0.29, 0.717) is 29.4 Å². The van der Waals surface area contributed by atoms with E-state index < -0.39 is 15.4 Å². The number of anilines is 1. The number of carbonyl (C=O) groups is 1. The number of hydrogen-bond donors (Lipinski definition) is 2. The van der Waals surface area contributed by atoms with Crippen molar-refractivity contribution in [1.82, 2.24) is 4.90 Å². The van der Waals surface area contributed by atoms with Crippen LogP contribution in [0.25, 0.3) is 0 Å². The zero-order chi connectivity index (χ0) is 26.8. The maximum atomic E-state index is 13.5. The molecular formula is C28H39N3O4S. The van der Waals surface area contributed by atoms with Gasteiger partial charge in [0, 0.05) is 30.6 Å². The lowest BCUT2D eigenvalue weighted by molar-refractivity contribution is 0.0963. The Kier molecular flexibility index (Phi) is 8.18. The zero-order valence-corrected chi connectivity index (χ0v) is 23.0. The first-order valence-electron chi connectivity index (χ1n) is 12.5. The van der Waals surface area contributed by atoms with Crippen LogP contribution >= 0.6 is 0 Å². The average molecular weight is 514 g/mol. The van der Waals surface area contributed by atoms with Gasteiger partial charge in [0.05, 0.1) is 18.5 Å². The molecule has 0 spiro atoms. The van der Waals surface area contributed by atoms with Gasteiger partial charge >= 0.3 is 0 Å². The first kappa shape index (κ1) is 27.7. The zero-order valence-electron chi connectivity index (χ0n) is 22.2. The van der Waals surface area contributed by atoms with Crippen LogP contribution in [0, 0.1) is 17.2 Å². The van der Waals surface area contributed by atoms with E-state index in [-0.39, 0.29) is 29.7 Å². The second-order valence-electron chi connectivity index (χ2n) is 10.9. The number of nitrogens with one attached hydrogen (secondary N) is 1. The molecule has 196 valence electrons. The Hall–Kier alpha value is -2.87. The topological polar surface area (TPSA) is 102 Å². The fraction of sp³-hybridized carbons (Fsp3) is 0.500. The van der Waals surface area contributed by atoms with E-state index in [4.69, 9.17) is 5.41 Å². The average Bonchev–Trinajstić information content (AvgIpc) is 3.07. The van der Waals surface area contributed by atoms with Crippen molar-refractivity contribution in [1.29, 1.82) is 5.41 Å². The molecule has 7 nitrogen and oxygen atoms in total. The van der Waals surface area contributed by atoms with Gasteiger partial charge in [-0.15, -0.1) is 0 Å². The molecule has 3 rings (SSSR count). The van der Waals surface area contributed by atoms with E-state index in [1.165, 1.54) is 18.7 Å². The number of phenolic OH excluding ortho intramolecular Hbond substituents is 1. The molecule has 2 aromatic rings. The Morgan fingerprint density at radius 1 is 1.19 bits per heavy atom. The van der Waals surface area contributed by atoms with Crippen LogP contribution in [0.5, 0.6) is 5.75 Å². The molecule has 36 heavy (non-hydrogen) atoms. The number of hydrogen-bond acceptors (Lipinski definition) is 5. The number of nitrogens with zero attached hydrogens (tertiary/aromatic N) is 2. The van der Waals surface area contributed by atoms with Gasteiger partial charge < -0.3 is 10.0 Å². The van der Waals surface area contributed by atoms with Gasteiger partial charge in [-0.2, -0.15) is 0 Å². The third-order valence-corrected chi connectivity index (χ3v) is 8.26. The van der Waals surface area contributed by atoms with Gasteiger partial charge in [0.15, 0.2) is 5.78 Å². The molecule has 2 atom stereocenters. The molecular weight excluding hydrogens is 474 g/mol. The highest BCUT2D eigenvalue weighted by molar-refractivity contribution is 7.92. The van der Waals surface area contributed by atoms with Gasteiger partial charge in [-0.1, -0.05) is 64.4 Å². The molecule has 2 N–H and O–H groups in total. The quantitative estimate of drug-likeness (QED) is 0.468. The molecule has 1 aliphatic heterocycles. The summed E-state index contributed by atoms with van der Waals surface area (Å²) in [7, 11) is -2.28. The lowest BCUT2D eigenvalue weighted by Crippen LogP contribution is -2.33. The molecule has 2 aromatic carbocycles. The largest absolute Gasteiger partial charge is 0.505 e. The Morgan fingerprint density at radius 3 is 2.39 bits per heavy atom. The number of aromatic hydroxyl groups is 1. The van der Waals surface area contributed by atoms with Gasteiger partial charge in [0.25, 0.3) is 0 Å². The normalized spacial score (nSPS) is 18.5. The molecule has 0 aliphatic carbocycles. The molecule has 1 aliphatic rings. The maximum absolute atomic E-state index is 13.5. The summed E-state index contributed by atoms with van der Waals surface area (Å²) >= 11 is 0. The van der Waals surface area contributed by atoms with Gasteiger partial charge in [0.2, 0.25) is 10.0 Å². The van der Waals surface area contributed by atoms with Crippen LogP contribution in [0.2, 0.25) is 0 Å². The fourth-order valence-electron chi connectivity index (χ4n) is 4.95. The summed E-state index contributed by atoms with van der Waals surface area (Å²) in [6.45, 7) is 8.54. The standard InChI is InChI=1S/C28H39N3O4S/c1-7-11-20-17-31(27(29)22(20)14-19-12-9-8-10-13-19)18-25(32)21-15-23(28(2,3)4)26(33)24(16-21)30(5)36(6,34)35/h8-10,12-13,15-16,20,22,29,33H,7,11,14,17-18H2,1-6H3/t20-,22+/m0/s1. The molecule has 8 heteroatoms. The van der Waals surface area contributed by atoms with Crippen molar-refractivity contribution >= 4 is 27.3 Å². The summed E-state index contributed by atoms with van der Waals surface area (Å²) in [5.41, 5.74) is 1.58. The molecule has 0 bridgehead atoms. The van der Waals surface area contributed by atoms with E-state index in [1.807, 2.05) is 43.9 Å². The van der Waals surface area contributed by atoms with E-state index in [2.05, 4.69) is 19.1 Å². The number of Topliss-reactive ketones (excluding diaryl/α,β-unsaturated/α-hetero) is 1. The predicted molar refractivity (Wildman–Crippen MR) is 146 cm³/mol. The molecule has 1 saturated heterocycles. The third-order valence-electron chi connectivity index (χ3n) is 7.06. The number of benzene rings is 2. The third kappa shape index (κ3) is 6.09. The van der Waals surface area contributed by atoms with E-state index in [0.717, 1.165) is 29.8 Å². The Labute approximate surface area is 215 Å². The molecule has 1 fully saturated rings. The molecule has 0 unspecified atom stereocenters. The van der Waals surface area contributed by atoms with Crippen LogP contribution in [0.4, 0.5) is 5.69 Å². The SMILES string of the molecule is CCC[C@H]1CN(CC(=O)c2cc(N(C)S(C)(=O)=O)c(O)c(C(C)(C)C)c2)C(=N)[C@@H]1Cc1ccccc1. The molecule has 1 heterocycles. The summed E-state index contributed by atoms with van der Waals surface area (Å²) in [5.74, 6) is 0.481. The van der Waals surface area contributed by atoms with Gasteiger partial charge in [-0.05, 0) is 41.9 Å². The first-order chi connectivity index (χ1) is 16.7. The van der Waals surface area contributed by atoms with Crippen LogP contribution < -0.4 is 4.31 Å². The monoisotopic (exact) mass is 513 g/mol. The lowest BCUT2D eigenvalue weighted by atomic mass is 9.84. The number of likely N-dealkylation sites (tertiary alicyclic amines) is 1. The highest BCUT2D eigenvalue weighted by Crippen LogP contribution is 2.40. The van der Waals surface area contributed by atoms with Crippen molar-refractivity contribution in [2.75, 3.05) is 30.7 Å². The molecule has 0 amide bonds. The first-order valence-corrected chi connectivity index (χ1v) is 14.3. The summed E-state index contributed by atoms with van der Waals surface area (Å²) in [5, 5.41) is 19.8. The Balaban J connectivity index is 1.91. The summed E-state index contributed by atoms with van der Waals surface area (Å²) in [6, 6.07) is 13.2. The number of amidine groups is 1. The van der Waals surface area contributed by atoms with Gasteiger partial charge in [-0.3, -0.25) is 14.5 Å². The molecule has 0 saturated carbocycles. The van der Waals surface area contributed by atoms with Crippen molar-refractivity contribution < 1.29 is 18.3 Å². The maximum Gasteiger partial charge on any atom is 0.232 e. The number of ketones is 1. The van der Waals surface area contributed by atoms with Gasteiger partial charge in [0.1, 0.15) is 11.6 Å². The van der Waals surface area contributed by atoms with Crippen LogP contribution in [-0.2, 0) is 21.9 Å². The smallest absolute Gasteiger partial charge is 0.232 e. The van der Waals surface area contributed by atoms with Crippen LogP contribution in [0.1, 0.15) is 62.0 Å².